The first kappa shape index (κ1) is 20.4. The zero-order valence-corrected chi connectivity index (χ0v) is 16.1. The minimum absolute atomic E-state index is 0.107. The van der Waals surface area contributed by atoms with Crippen molar-refractivity contribution in [3.05, 3.63) is 68.9 Å². The lowest BCUT2D eigenvalue weighted by molar-refractivity contribution is -0.384. The number of non-ortho nitro benzene ring substituents is 1. The van der Waals surface area contributed by atoms with Crippen molar-refractivity contribution >= 4 is 57.6 Å². The molecule has 0 unspecified atom stereocenters. The molecule has 8 nitrogen and oxygen atoms in total. The average molecular weight is 433 g/mol. The Morgan fingerprint density at radius 1 is 1.34 bits per heavy atom. The number of halogens is 1. The van der Waals surface area contributed by atoms with Crippen molar-refractivity contribution in [1.82, 2.24) is 4.90 Å². The Bertz CT molecular complexity index is 1070. The molecular formula is C18H12FN3O5S2. The summed E-state index contributed by atoms with van der Waals surface area (Å²) in [5, 5.41) is 22.9. The number of rotatable bonds is 5. The zero-order chi connectivity index (χ0) is 21.1. The van der Waals surface area contributed by atoms with Crippen molar-refractivity contribution in [2.75, 3.05) is 11.9 Å². The molecule has 0 spiro atoms. The number of amides is 2. The van der Waals surface area contributed by atoms with Crippen molar-refractivity contribution in [3.63, 3.8) is 0 Å². The molecule has 2 aromatic carbocycles. The minimum Gasteiger partial charge on any atom is -0.506 e. The van der Waals surface area contributed by atoms with Gasteiger partial charge in [-0.2, -0.15) is 0 Å². The number of phenolic OH excluding ortho intramolecular Hbond substituents is 1. The van der Waals surface area contributed by atoms with Crippen LogP contribution in [0.5, 0.6) is 5.75 Å². The summed E-state index contributed by atoms with van der Waals surface area (Å²) in [4.78, 5) is 36.2. The largest absolute Gasteiger partial charge is 0.506 e. The van der Waals surface area contributed by atoms with Crippen LogP contribution >= 0.6 is 24.0 Å². The number of thioether (sulfide) groups is 1. The van der Waals surface area contributed by atoms with E-state index in [4.69, 9.17) is 12.2 Å². The summed E-state index contributed by atoms with van der Waals surface area (Å²) in [6.07, 6.45) is 1.35. The molecule has 0 aromatic heterocycles. The zero-order valence-electron chi connectivity index (χ0n) is 14.5. The average Bonchev–Trinajstić information content (AvgIpc) is 2.92. The van der Waals surface area contributed by atoms with Crippen LogP contribution in [-0.4, -0.2) is 37.6 Å². The summed E-state index contributed by atoms with van der Waals surface area (Å²) in [5.74, 6) is -2.16. The van der Waals surface area contributed by atoms with E-state index in [1.54, 1.807) is 6.07 Å². The van der Waals surface area contributed by atoms with Crippen molar-refractivity contribution in [2.45, 2.75) is 0 Å². The van der Waals surface area contributed by atoms with Gasteiger partial charge in [0.05, 0.1) is 15.5 Å². The highest BCUT2D eigenvalue weighted by atomic mass is 32.2. The normalized spacial score (nSPS) is 15.1. The number of thiocarbonyl (C=S) groups is 1. The van der Waals surface area contributed by atoms with E-state index >= 15 is 0 Å². The number of carbonyl (C=O) groups is 2. The van der Waals surface area contributed by atoms with Gasteiger partial charge in [0.1, 0.15) is 22.4 Å². The lowest BCUT2D eigenvalue weighted by Gasteiger charge is -2.14. The molecule has 0 radical (unpaired) electrons. The second kappa shape index (κ2) is 8.37. The van der Waals surface area contributed by atoms with Crippen LogP contribution in [0.15, 0.2) is 47.4 Å². The van der Waals surface area contributed by atoms with Gasteiger partial charge in [-0.25, -0.2) is 4.39 Å². The van der Waals surface area contributed by atoms with E-state index in [2.05, 4.69) is 5.32 Å². The van der Waals surface area contributed by atoms with Gasteiger partial charge in [-0.1, -0.05) is 42.2 Å². The van der Waals surface area contributed by atoms with Crippen molar-refractivity contribution < 1.29 is 24.0 Å². The number of nitrogens with one attached hydrogen (secondary N) is 1. The highest BCUT2D eigenvalue weighted by molar-refractivity contribution is 8.26. The Morgan fingerprint density at radius 3 is 2.76 bits per heavy atom. The van der Waals surface area contributed by atoms with Crippen LogP contribution in [0.2, 0.25) is 0 Å². The smallest absolute Gasteiger partial charge is 0.271 e. The fourth-order valence-corrected chi connectivity index (χ4v) is 3.69. The Morgan fingerprint density at radius 2 is 2.07 bits per heavy atom. The van der Waals surface area contributed by atoms with E-state index in [0.29, 0.717) is 0 Å². The number of hydrogen-bond donors (Lipinski definition) is 2. The Kier molecular flexibility index (Phi) is 5.89. The summed E-state index contributed by atoms with van der Waals surface area (Å²) in [5.41, 5.74) is -0.285. The number of anilines is 1. The van der Waals surface area contributed by atoms with E-state index < -0.39 is 29.1 Å². The van der Waals surface area contributed by atoms with Gasteiger partial charge in [-0.15, -0.1) is 0 Å². The van der Waals surface area contributed by atoms with E-state index in [0.717, 1.165) is 34.9 Å². The molecule has 0 saturated carbocycles. The predicted molar refractivity (Wildman–Crippen MR) is 110 cm³/mol. The Labute approximate surface area is 173 Å². The molecule has 2 amide bonds. The third-order valence-corrected chi connectivity index (χ3v) is 5.21. The predicted octanol–water partition coefficient (Wildman–Crippen LogP) is 3.28. The van der Waals surface area contributed by atoms with Crippen molar-refractivity contribution in [2.24, 2.45) is 0 Å². The highest BCUT2D eigenvalue weighted by Gasteiger charge is 2.33. The maximum absolute atomic E-state index is 13.8. The fourth-order valence-electron chi connectivity index (χ4n) is 2.44. The van der Waals surface area contributed by atoms with Crippen LogP contribution < -0.4 is 5.32 Å². The second-order valence-electron chi connectivity index (χ2n) is 5.80. The molecule has 29 heavy (non-hydrogen) atoms. The topological polar surface area (TPSA) is 113 Å². The number of phenols is 1. The van der Waals surface area contributed by atoms with Gasteiger partial charge in [0.25, 0.3) is 11.6 Å². The third kappa shape index (κ3) is 4.58. The van der Waals surface area contributed by atoms with Gasteiger partial charge >= 0.3 is 0 Å². The maximum Gasteiger partial charge on any atom is 0.271 e. The second-order valence-corrected chi connectivity index (χ2v) is 7.47. The Hall–Kier alpha value is -3.31. The fraction of sp³-hybridized carbons (Fsp3) is 0.0556. The van der Waals surface area contributed by atoms with E-state index in [1.165, 1.54) is 24.3 Å². The lowest BCUT2D eigenvalue weighted by Crippen LogP contribution is -2.36. The van der Waals surface area contributed by atoms with Crippen molar-refractivity contribution in [1.29, 1.82) is 0 Å². The van der Waals surface area contributed by atoms with Crippen LogP contribution in [0.3, 0.4) is 0 Å². The lowest BCUT2D eigenvalue weighted by atomic mass is 10.2. The molecule has 1 heterocycles. The van der Waals surface area contributed by atoms with Crippen LogP contribution in [0.4, 0.5) is 15.8 Å². The molecule has 0 atom stereocenters. The molecule has 148 valence electrons. The van der Waals surface area contributed by atoms with Gasteiger partial charge in [0.15, 0.2) is 0 Å². The molecule has 1 fully saturated rings. The van der Waals surface area contributed by atoms with Crippen LogP contribution in [0, 0.1) is 15.9 Å². The van der Waals surface area contributed by atoms with E-state index in [9.17, 15) is 29.2 Å². The number of hydrogen-bond acceptors (Lipinski definition) is 7. The molecule has 2 aromatic rings. The number of carbonyl (C=O) groups excluding carboxylic acids is 2. The summed E-state index contributed by atoms with van der Waals surface area (Å²) < 4.78 is 13.9. The van der Waals surface area contributed by atoms with E-state index in [1.807, 2.05) is 0 Å². The molecule has 1 saturated heterocycles. The van der Waals surface area contributed by atoms with E-state index in [-0.39, 0.29) is 31.9 Å². The molecule has 0 bridgehead atoms. The minimum atomic E-state index is -0.718. The Balaban J connectivity index is 1.74. The molecule has 2 N–H and O–H groups in total. The summed E-state index contributed by atoms with van der Waals surface area (Å²) in [6.45, 7) is -0.471. The quantitative estimate of drug-likeness (QED) is 0.245. The summed E-state index contributed by atoms with van der Waals surface area (Å²) in [6, 6.07) is 9.05. The van der Waals surface area contributed by atoms with Gasteiger partial charge < -0.3 is 10.4 Å². The number of nitro benzene ring substituents is 1. The summed E-state index contributed by atoms with van der Waals surface area (Å²) in [7, 11) is 0. The first-order chi connectivity index (χ1) is 13.8. The monoisotopic (exact) mass is 433 g/mol. The SMILES string of the molecule is O=C(CN1C(=O)/C(=C/c2ccccc2F)SC1=S)Nc1cc([N+](=O)[O-])ccc1O. The molecule has 1 aliphatic heterocycles. The van der Waals surface area contributed by atoms with Gasteiger partial charge in [-0.05, 0) is 18.2 Å². The first-order valence-electron chi connectivity index (χ1n) is 8.03. The van der Waals surface area contributed by atoms with Crippen LogP contribution in [-0.2, 0) is 9.59 Å². The molecule has 1 aliphatic rings. The first-order valence-corrected chi connectivity index (χ1v) is 9.26. The number of aromatic hydroxyl groups is 1. The van der Waals surface area contributed by atoms with Gasteiger partial charge in [-0.3, -0.25) is 24.6 Å². The van der Waals surface area contributed by atoms with Crippen LogP contribution in [0.25, 0.3) is 6.08 Å². The molecular weight excluding hydrogens is 421 g/mol. The maximum atomic E-state index is 13.8. The third-order valence-electron chi connectivity index (χ3n) is 3.83. The van der Waals surface area contributed by atoms with Crippen molar-refractivity contribution in [3.8, 4) is 5.75 Å². The standard InChI is InChI=1S/C18H12FN3O5S2/c19-12-4-2-1-3-10(12)7-15-17(25)21(18(28)29-15)9-16(24)20-13-8-11(22(26)27)5-6-14(13)23/h1-8,23H,9H2,(H,20,24)/b15-7-. The molecule has 0 aliphatic carbocycles. The summed E-state index contributed by atoms with van der Waals surface area (Å²) >= 11 is 6.05. The molecule has 11 heteroatoms. The highest BCUT2D eigenvalue weighted by Crippen LogP contribution is 2.33. The van der Waals surface area contributed by atoms with Gasteiger partial charge in [0.2, 0.25) is 5.91 Å². The van der Waals surface area contributed by atoms with Crippen LogP contribution in [0.1, 0.15) is 5.56 Å². The number of benzene rings is 2. The van der Waals surface area contributed by atoms with Gasteiger partial charge in [0, 0.05) is 17.7 Å². The number of nitrogens with zero attached hydrogens (tertiary/aromatic N) is 2. The number of nitro groups is 1. The molecule has 3 rings (SSSR count).